The smallest absolute Gasteiger partial charge is 0.104 e. The molecule has 0 unspecified atom stereocenters. The molecule has 0 aromatic carbocycles. The van der Waals surface area contributed by atoms with Gasteiger partial charge in [-0.25, -0.2) is 0 Å². The lowest BCUT2D eigenvalue weighted by atomic mass is 9.82. The van der Waals surface area contributed by atoms with Crippen LogP contribution in [0.5, 0.6) is 0 Å². The normalized spacial score (nSPS) is 11.9. The monoisotopic (exact) mass is 180 g/mol. The van der Waals surface area contributed by atoms with Crippen LogP contribution in [-0.2, 0) is 6.42 Å². The number of hydrogen-bond acceptors (Lipinski definition) is 1. The van der Waals surface area contributed by atoms with Crippen molar-refractivity contribution in [2.45, 2.75) is 34.1 Å². The van der Waals surface area contributed by atoms with Gasteiger partial charge < -0.3 is 4.42 Å². The van der Waals surface area contributed by atoms with Crippen LogP contribution in [0.25, 0.3) is 0 Å². The molecule has 1 aromatic rings. The molecule has 0 aliphatic carbocycles. The molecule has 0 amide bonds. The second-order valence-electron chi connectivity index (χ2n) is 4.44. The van der Waals surface area contributed by atoms with E-state index in [4.69, 9.17) is 4.42 Å². The summed E-state index contributed by atoms with van der Waals surface area (Å²) in [6, 6.07) is 4.03. The second-order valence-corrected chi connectivity index (χ2v) is 4.44. The third-order valence-corrected chi connectivity index (χ3v) is 2.73. The Morgan fingerprint density at radius 2 is 1.77 bits per heavy atom. The van der Waals surface area contributed by atoms with Crippen LogP contribution in [0.2, 0.25) is 0 Å². The van der Waals surface area contributed by atoms with Crippen molar-refractivity contribution in [2.24, 2.45) is 17.8 Å². The molecular weight excluding hydrogens is 160 g/mol. The fraction of sp³-hybridized carbons (Fsp3) is 0.667. The fourth-order valence-corrected chi connectivity index (χ4v) is 1.90. The molecule has 13 heavy (non-hydrogen) atoms. The minimum absolute atomic E-state index is 0.727. The van der Waals surface area contributed by atoms with E-state index in [9.17, 15) is 0 Å². The minimum Gasteiger partial charge on any atom is -0.469 e. The van der Waals surface area contributed by atoms with Gasteiger partial charge in [0.05, 0.1) is 6.26 Å². The highest BCUT2D eigenvalue weighted by Gasteiger charge is 2.18. The number of furan rings is 1. The average Bonchev–Trinajstić information content (AvgIpc) is 2.50. The Labute approximate surface area is 81.1 Å². The SMILES string of the molecule is CC(C)C(Cc1ccco1)C(C)C. The van der Waals surface area contributed by atoms with Crippen LogP contribution >= 0.6 is 0 Å². The Hall–Kier alpha value is -0.720. The van der Waals surface area contributed by atoms with Gasteiger partial charge in [-0.05, 0) is 29.9 Å². The van der Waals surface area contributed by atoms with Crippen LogP contribution in [0.4, 0.5) is 0 Å². The largest absolute Gasteiger partial charge is 0.469 e. The van der Waals surface area contributed by atoms with Gasteiger partial charge in [0.1, 0.15) is 5.76 Å². The van der Waals surface area contributed by atoms with Crippen molar-refractivity contribution in [3.63, 3.8) is 0 Å². The molecule has 1 rings (SSSR count). The maximum absolute atomic E-state index is 5.36. The van der Waals surface area contributed by atoms with Crippen LogP contribution in [0.1, 0.15) is 33.5 Å². The molecule has 0 aliphatic heterocycles. The highest BCUT2D eigenvalue weighted by atomic mass is 16.3. The van der Waals surface area contributed by atoms with E-state index < -0.39 is 0 Å². The molecule has 74 valence electrons. The molecule has 1 aromatic heterocycles. The summed E-state index contributed by atoms with van der Waals surface area (Å²) >= 11 is 0. The standard InChI is InChI=1S/C12H20O/c1-9(2)12(10(3)4)8-11-6-5-7-13-11/h5-7,9-10,12H,8H2,1-4H3. The van der Waals surface area contributed by atoms with Crippen LogP contribution in [0, 0.1) is 17.8 Å². The van der Waals surface area contributed by atoms with Gasteiger partial charge >= 0.3 is 0 Å². The lowest BCUT2D eigenvalue weighted by Crippen LogP contribution is -2.17. The van der Waals surface area contributed by atoms with Gasteiger partial charge in [0.15, 0.2) is 0 Å². The first-order valence-corrected chi connectivity index (χ1v) is 5.13. The van der Waals surface area contributed by atoms with E-state index >= 15 is 0 Å². The molecular formula is C12H20O. The van der Waals surface area contributed by atoms with Gasteiger partial charge in [-0.15, -0.1) is 0 Å². The summed E-state index contributed by atoms with van der Waals surface area (Å²) in [5, 5.41) is 0. The van der Waals surface area contributed by atoms with Crippen molar-refractivity contribution in [2.75, 3.05) is 0 Å². The van der Waals surface area contributed by atoms with E-state index in [1.54, 1.807) is 6.26 Å². The van der Waals surface area contributed by atoms with Crippen molar-refractivity contribution in [3.05, 3.63) is 24.2 Å². The quantitative estimate of drug-likeness (QED) is 0.687. The molecule has 0 saturated carbocycles. The van der Waals surface area contributed by atoms with Crippen molar-refractivity contribution in [1.82, 2.24) is 0 Å². The first-order valence-electron chi connectivity index (χ1n) is 5.13. The third-order valence-electron chi connectivity index (χ3n) is 2.73. The van der Waals surface area contributed by atoms with Crippen molar-refractivity contribution < 1.29 is 4.42 Å². The fourth-order valence-electron chi connectivity index (χ4n) is 1.90. The van der Waals surface area contributed by atoms with E-state index in [2.05, 4.69) is 33.8 Å². The maximum Gasteiger partial charge on any atom is 0.104 e. The molecule has 0 saturated heterocycles. The van der Waals surface area contributed by atoms with Gasteiger partial charge in [-0.2, -0.15) is 0 Å². The maximum atomic E-state index is 5.36. The summed E-state index contributed by atoms with van der Waals surface area (Å²) in [5.74, 6) is 3.30. The van der Waals surface area contributed by atoms with Gasteiger partial charge in [-0.3, -0.25) is 0 Å². The van der Waals surface area contributed by atoms with Crippen molar-refractivity contribution in [1.29, 1.82) is 0 Å². The highest BCUT2D eigenvalue weighted by Crippen LogP contribution is 2.24. The Kier molecular flexibility index (Phi) is 3.58. The predicted octanol–water partition coefficient (Wildman–Crippen LogP) is 3.75. The zero-order valence-electron chi connectivity index (χ0n) is 9.08. The number of hydrogen-bond donors (Lipinski definition) is 0. The Balaban J connectivity index is 2.58. The summed E-state index contributed by atoms with van der Waals surface area (Å²) in [4.78, 5) is 0. The van der Waals surface area contributed by atoms with Gasteiger partial charge in [0.25, 0.3) is 0 Å². The third kappa shape index (κ3) is 2.91. The first kappa shape index (κ1) is 10.4. The van der Waals surface area contributed by atoms with E-state index in [1.165, 1.54) is 0 Å². The molecule has 0 aliphatic rings. The molecule has 0 radical (unpaired) electrons. The molecule has 0 spiro atoms. The highest BCUT2D eigenvalue weighted by molar-refractivity contribution is 4.99. The first-order chi connectivity index (χ1) is 6.11. The van der Waals surface area contributed by atoms with Gasteiger partial charge in [0, 0.05) is 6.42 Å². The summed E-state index contributed by atoms with van der Waals surface area (Å²) in [5.41, 5.74) is 0. The Morgan fingerprint density at radius 3 is 2.15 bits per heavy atom. The van der Waals surface area contributed by atoms with E-state index in [0.717, 1.165) is 29.9 Å². The zero-order valence-corrected chi connectivity index (χ0v) is 9.08. The van der Waals surface area contributed by atoms with E-state index in [1.807, 2.05) is 6.07 Å². The zero-order chi connectivity index (χ0) is 9.84. The summed E-state index contributed by atoms with van der Waals surface area (Å²) in [6.07, 6.45) is 2.83. The molecule has 1 nitrogen and oxygen atoms in total. The van der Waals surface area contributed by atoms with Crippen LogP contribution in [0.15, 0.2) is 22.8 Å². The van der Waals surface area contributed by atoms with E-state index in [0.29, 0.717) is 0 Å². The van der Waals surface area contributed by atoms with Crippen LogP contribution < -0.4 is 0 Å². The molecule has 1 heterocycles. The molecule has 0 N–H and O–H groups in total. The topological polar surface area (TPSA) is 13.1 Å². The van der Waals surface area contributed by atoms with Crippen molar-refractivity contribution in [3.8, 4) is 0 Å². The van der Waals surface area contributed by atoms with Crippen LogP contribution in [0.3, 0.4) is 0 Å². The van der Waals surface area contributed by atoms with Gasteiger partial charge in [0.2, 0.25) is 0 Å². The summed E-state index contributed by atoms with van der Waals surface area (Å²) < 4.78 is 5.36. The second kappa shape index (κ2) is 4.50. The lowest BCUT2D eigenvalue weighted by Gasteiger charge is -2.23. The van der Waals surface area contributed by atoms with Crippen molar-refractivity contribution >= 4 is 0 Å². The molecule has 0 atom stereocenters. The Bertz CT molecular complexity index is 213. The number of rotatable bonds is 4. The summed E-state index contributed by atoms with van der Waals surface area (Å²) in [7, 11) is 0. The molecule has 1 heteroatoms. The Morgan fingerprint density at radius 1 is 1.15 bits per heavy atom. The van der Waals surface area contributed by atoms with Crippen LogP contribution in [-0.4, -0.2) is 0 Å². The lowest BCUT2D eigenvalue weighted by molar-refractivity contribution is 0.269. The average molecular weight is 180 g/mol. The summed E-state index contributed by atoms with van der Waals surface area (Å²) in [6.45, 7) is 9.14. The predicted molar refractivity (Wildman–Crippen MR) is 55.6 cm³/mol. The van der Waals surface area contributed by atoms with E-state index in [-0.39, 0.29) is 0 Å². The molecule has 0 bridgehead atoms. The molecule has 0 fully saturated rings. The minimum atomic E-state index is 0.727. The van der Waals surface area contributed by atoms with Gasteiger partial charge in [-0.1, -0.05) is 27.7 Å².